The summed E-state index contributed by atoms with van der Waals surface area (Å²) in [5.74, 6) is 0.152. The lowest BCUT2D eigenvalue weighted by atomic mass is 10.1. The van der Waals surface area contributed by atoms with Crippen molar-refractivity contribution in [3.05, 3.63) is 58.5 Å². The summed E-state index contributed by atoms with van der Waals surface area (Å²) >= 11 is 0. The number of nitrogens with zero attached hydrogens (tertiary/aromatic N) is 2. The van der Waals surface area contributed by atoms with Crippen molar-refractivity contribution < 1.29 is 27.4 Å². The first-order valence-electron chi connectivity index (χ1n) is 9.32. The molecule has 1 aromatic heterocycles. The molecule has 164 valence electrons. The molecule has 0 saturated carbocycles. The standard InChI is InChI=1S/C21H20F3N3O4/c1-4-14(19(28)25-12-9-10-16(30-2)17(11-12)31-3)27-15-8-6-5-7-13(15)26-18(20(27)29)21(22,23)24/h5-11,14H,4H2,1-3H3,(H,25,28)/t14-/m1/s1. The number of amides is 1. The van der Waals surface area contributed by atoms with Gasteiger partial charge in [0.05, 0.1) is 25.3 Å². The minimum absolute atomic E-state index is 0.0354. The molecule has 0 aliphatic heterocycles. The van der Waals surface area contributed by atoms with Gasteiger partial charge in [-0.15, -0.1) is 0 Å². The SMILES string of the molecule is CC[C@H](C(=O)Nc1ccc(OC)c(OC)c1)n1c(=O)c(C(F)(F)F)nc2ccccc21. The van der Waals surface area contributed by atoms with E-state index in [0.717, 1.165) is 4.57 Å². The lowest BCUT2D eigenvalue weighted by molar-refractivity contribution is -0.142. The van der Waals surface area contributed by atoms with Crippen molar-refractivity contribution in [2.24, 2.45) is 0 Å². The van der Waals surface area contributed by atoms with Crippen LogP contribution in [0.2, 0.25) is 0 Å². The summed E-state index contributed by atoms with van der Waals surface area (Å²) in [6.45, 7) is 1.60. The van der Waals surface area contributed by atoms with Crippen molar-refractivity contribution in [3.8, 4) is 11.5 Å². The van der Waals surface area contributed by atoms with Crippen LogP contribution in [0.4, 0.5) is 18.9 Å². The van der Waals surface area contributed by atoms with Gasteiger partial charge < -0.3 is 14.8 Å². The predicted octanol–water partition coefficient (Wildman–Crippen LogP) is 4.02. The highest BCUT2D eigenvalue weighted by atomic mass is 19.4. The summed E-state index contributed by atoms with van der Waals surface area (Å²) in [6, 6.07) is 9.33. The summed E-state index contributed by atoms with van der Waals surface area (Å²) in [7, 11) is 2.89. The third-order valence-electron chi connectivity index (χ3n) is 4.72. The van der Waals surface area contributed by atoms with Gasteiger partial charge in [-0.3, -0.25) is 14.2 Å². The summed E-state index contributed by atoms with van der Waals surface area (Å²) in [4.78, 5) is 29.2. The highest BCUT2D eigenvalue weighted by Crippen LogP contribution is 2.31. The smallest absolute Gasteiger partial charge is 0.438 e. The van der Waals surface area contributed by atoms with E-state index in [4.69, 9.17) is 9.47 Å². The average molecular weight is 435 g/mol. The molecule has 0 saturated heterocycles. The third kappa shape index (κ3) is 4.32. The van der Waals surface area contributed by atoms with Crippen LogP contribution in [0, 0.1) is 0 Å². The molecule has 1 heterocycles. The first kappa shape index (κ1) is 22.1. The molecule has 0 spiro atoms. The van der Waals surface area contributed by atoms with E-state index in [-0.39, 0.29) is 17.5 Å². The number of nitrogens with one attached hydrogen (secondary N) is 1. The highest BCUT2D eigenvalue weighted by molar-refractivity contribution is 5.95. The molecule has 0 aliphatic carbocycles. The van der Waals surface area contributed by atoms with Crippen molar-refractivity contribution >= 4 is 22.6 Å². The number of rotatable bonds is 6. The Labute approximate surface area is 175 Å². The Kier molecular flexibility index (Phi) is 6.19. The van der Waals surface area contributed by atoms with Crippen molar-refractivity contribution in [1.29, 1.82) is 0 Å². The molecule has 10 heteroatoms. The maximum Gasteiger partial charge on any atom is 0.438 e. The minimum Gasteiger partial charge on any atom is -0.493 e. The molecule has 1 atom stereocenters. The molecule has 1 amide bonds. The second-order valence-electron chi connectivity index (χ2n) is 6.61. The van der Waals surface area contributed by atoms with E-state index < -0.39 is 29.4 Å². The summed E-state index contributed by atoms with van der Waals surface area (Å²) in [5, 5.41) is 2.63. The van der Waals surface area contributed by atoms with Gasteiger partial charge in [-0.05, 0) is 30.7 Å². The summed E-state index contributed by atoms with van der Waals surface area (Å²) < 4.78 is 51.5. The van der Waals surface area contributed by atoms with E-state index >= 15 is 0 Å². The number of anilines is 1. The largest absolute Gasteiger partial charge is 0.493 e. The van der Waals surface area contributed by atoms with E-state index in [0.29, 0.717) is 17.2 Å². The Morgan fingerprint density at radius 3 is 2.42 bits per heavy atom. The Bertz CT molecular complexity index is 1170. The van der Waals surface area contributed by atoms with Crippen molar-refractivity contribution in [2.75, 3.05) is 19.5 Å². The van der Waals surface area contributed by atoms with Gasteiger partial charge in [-0.2, -0.15) is 13.2 Å². The van der Waals surface area contributed by atoms with E-state index in [1.807, 2.05) is 0 Å². The number of hydrogen-bond acceptors (Lipinski definition) is 5. The number of benzene rings is 2. The van der Waals surface area contributed by atoms with Gasteiger partial charge in [0.1, 0.15) is 6.04 Å². The quantitative estimate of drug-likeness (QED) is 0.632. The Hall–Kier alpha value is -3.56. The molecule has 0 aliphatic rings. The van der Waals surface area contributed by atoms with Crippen LogP contribution in [-0.4, -0.2) is 29.7 Å². The van der Waals surface area contributed by atoms with Crippen LogP contribution in [-0.2, 0) is 11.0 Å². The number of carbonyl (C=O) groups is 1. The maximum atomic E-state index is 13.4. The molecule has 3 aromatic rings. The van der Waals surface area contributed by atoms with Gasteiger partial charge in [0, 0.05) is 11.8 Å². The molecule has 0 radical (unpaired) electrons. The number of para-hydroxylation sites is 2. The lowest BCUT2D eigenvalue weighted by Gasteiger charge is -2.21. The van der Waals surface area contributed by atoms with Crippen molar-refractivity contribution in [3.63, 3.8) is 0 Å². The average Bonchev–Trinajstić information content (AvgIpc) is 2.74. The van der Waals surface area contributed by atoms with Crippen LogP contribution in [0.3, 0.4) is 0 Å². The number of fused-ring (bicyclic) bond motifs is 1. The molecule has 3 rings (SSSR count). The van der Waals surface area contributed by atoms with Gasteiger partial charge in [-0.1, -0.05) is 19.1 Å². The molecule has 2 aromatic carbocycles. The fraction of sp³-hybridized carbons (Fsp3) is 0.286. The zero-order valence-corrected chi connectivity index (χ0v) is 17.0. The number of carbonyl (C=O) groups excluding carboxylic acids is 1. The van der Waals surface area contributed by atoms with E-state index in [1.54, 1.807) is 25.1 Å². The number of hydrogen-bond donors (Lipinski definition) is 1. The van der Waals surface area contributed by atoms with Crippen LogP contribution < -0.4 is 20.3 Å². The zero-order chi connectivity index (χ0) is 22.8. The number of aromatic nitrogens is 2. The van der Waals surface area contributed by atoms with Gasteiger partial charge >= 0.3 is 6.18 Å². The summed E-state index contributed by atoms with van der Waals surface area (Å²) in [5.41, 5.74) is -2.51. The fourth-order valence-corrected chi connectivity index (χ4v) is 3.27. The Morgan fingerprint density at radius 2 is 1.81 bits per heavy atom. The van der Waals surface area contributed by atoms with E-state index in [1.165, 1.54) is 38.5 Å². The highest BCUT2D eigenvalue weighted by Gasteiger charge is 2.38. The number of ether oxygens (including phenoxy) is 2. The zero-order valence-electron chi connectivity index (χ0n) is 17.0. The van der Waals surface area contributed by atoms with Gasteiger partial charge in [0.15, 0.2) is 11.5 Å². The van der Waals surface area contributed by atoms with Crippen LogP contribution in [0.1, 0.15) is 25.1 Å². The Morgan fingerprint density at radius 1 is 1.13 bits per heavy atom. The topological polar surface area (TPSA) is 82.5 Å². The summed E-state index contributed by atoms with van der Waals surface area (Å²) in [6.07, 6.45) is -4.88. The second kappa shape index (κ2) is 8.66. The van der Waals surface area contributed by atoms with Crippen LogP contribution in [0.15, 0.2) is 47.3 Å². The number of alkyl halides is 3. The van der Waals surface area contributed by atoms with Crippen molar-refractivity contribution in [2.45, 2.75) is 25.6 Å². The van der Waals surface area contributed by atoms with Crippen LogP contribution in [0.5, 0.6) is 11.5 Å². The lowest BCUT2D eigenvalue weighted by Crippen LogP contribution is -2.37. The number of methoxy groups -OCH3 is 2. The van der Waals surface area contributed by atoms with Gasteiger partial charge in [-0.25, -0.2) is 4.98 Å². The molecule has 1 N–H and O–H groups in total. The third-order valence-corrected chi connectivity index (χ3v) is 4.72. The monoisotopic (exact) mass is 435 g/mol. The van der Waals surface area contributed by atoms with E-state index in [9.17, 15) is 22.8 Å². The van der Waals surface area contributed by atoms with Gasteiger partial charge in [0.2, 0.25) is 11.6 Å². The molecule has 0 fully saturated rings. The van der Waals surface area contributed by atoms with E-state index in [2.05, 4.69) is 10.3 Å². The maximum absolute atomic E-state index is 13.4. The normalized spacial score (nSPS) is 12.5. The van der Waals surface area contributed by atoms with Crippen molar-refractivity contribution in [1.82, 2.24) is 9.55 Å². The second-order valence-corrected chi connectivity index (χ2v) is 6.61. The minimum atomic E-state index is -4.96. The predicted molar refractivity (Wildman–Crippen MR) is 109 cm³/mol. The number of halogens is 3. The van der Waals surface area contributed by atoms with Crippen LogP contribution in [0.25, 0.3) is 11.0 Å². The molecule has 0 unspecified atom stereocenters. The molecule has 7 nitrogen and oxygen atoms in total. The molecular weight excluding hydrogens is 415 g/mol. The first-order chi connectivity index (χ1) is 14.7. The van der Waals surface area contributed by atoms with Crippen LogP contribution >= 0.6 is 0 Å². The molecule has 0 bridgehead atoms. The van der Waals surface area contributed by atoms with Gasteiger partial charge in [0.25, 0.3) is 5.56 Å². The first-order valence-corrected chi connectivity index (χ1v) is 9.32. The fourth-order valence-electron chi connectivity index (χ4n) is 3.27. The molecular formula is C21H20F3N3O4. The Balaban J connectivity index is 2.09. The molecule has 31 heavy (non-hydrogen) atoms.